The molecular weight excluding hydrogens is 1350 g/mol. The topological polar surface area (TPSA) is 606 Å². The second-order valence-corrected chi connectivity index (χ2v) is 26.3. The number of hydrogen-bond acceptors (Lipinski definition) is 19. The Kier molecular flexibility index (Phi) is 38.6. The number of guanidine groups is 1. The molecule has 103 heavy (non-hydrogen) atoms. The van der Waals surface area contributed by atoms with E-state index in [0.29, 0.717) is 17.5 Å². The molecule has 0 aliphatic carbocycles. The van der Waals surface area contributed by atoms with Gasteiger partial charge in [0.05, 0.1) is 31.4 Å². The van der Waals surface area contributed by atoms with Gasteiger partial charge in [0.1, 0.15) is 66.5 Å². The largest absolute Gasteiger partial charge is 0.481 e. The van der Waals surface area contributed by atoms with Crippen molar-refractivity contribution in [1.29, 1.82) is 0 Å². The Bertz CT molecular complexity index is 3240. The second-order valence-electron chi connectivity index (χ2n) is 26.3. The molecule has 0 aromatic heterocycles. The molecule has 2 aromatic rings. The van der Waals surface area contributed by atoms with E-state index in [1.165, 1.54) is 27.7 Å². The van der Waals surface area contributed by atoms with Crippen molar-refractivity contribution < 1.29 is 97.5 Å². The summed E-state index contributed by atoms with van der Waals surface area (Å²) in [6, 6.07) is -2.92. The maximum absolute atomic E-state index is 14.6. The Morgan fingerprint density at radius 1 is 0.388 bits per heavy atom. The lowest BCUT2D eigenvalue weighted by Gasteiger charge is -2.30. The number of aliphatic hydroxyl groups excluding tert-OH is 1. The van der Waals surface area contributed by atoms with Crippen molar-refractivity contribution in [2.24, 2.45) is 51.6 Å². The maximum atomic E-state index is 14.6. The van der Waals surface area contributed by atoms with Gasteiger partial charge in [-0.1, -0.05) is 116 Å². The van der Waals surface area contributed by atoms with Crippen molar-refractivity contribution in [3.05, 3.63) is 71.8 Å². The second kappa shape index (κ2) is 44.8. The van der Waals surface area contributed by atoms with Crippen LogP contribution in [-0.2, 0) is 84.8 Å². The molecule has 0 aliphatic rings. The summed E-state index contributed by atoms with van der Waals surface area (Å²) in [5.74, 6) is -20.5. The Hall–Kier alpha value is -10.4. The predicted octanol–water partition coefficient (Wildman–Crippen LogP) is -3.78. The van der Waals surface area contributed by atoms with Gasteiger partial charge < -0.3 is 107 Å². The van der Waals surface area contributed by atoms with E-state index < -0.39 is 204 Å². The van der Waals surface area contributed by atoms with Gasteiger partial charge in [0.2, 0.25) is 65.0 Å². The number of nitrogens with one attached hydrogen (secondary N) is 11. The Labute approximate surface area is 596 Å². The lowest BCUT2D eigenvalue weighted by atomic mass is 9.98. The van der Waals surface area contributed by atoms with Crippen LogP contribution < -0.4 is 81.4 Å². The zero-order valence-electron chi connectivity index (χ0n) is 59.4. The van der Waals surface area contributed by atoms with Crippen molar-refractivity contribution in [3.63, 3.8) is 0 Å². The van der Waals surface area contributed by atoms with Crippen LogP contribution in [0, 0.1) is 23.7 Å². The SMILES string of the molecule is CC(C)C[C@H](NC(=O)[C@@H](NC(=O)[C@H](CCCN=C(N)N)NC(=O)[C@H](CC(=O)O)NC(=O)[C@H](Cc1ccccc1)NC(=O)[C@@H](NC(=O)[C@H](Cc1ccccc1)NC(=O)[C@@H](N)CC(=O)O)C(C)C)C(C)C)C(=O)N[C@@H](CCCCN)C(=O)N[C@H](C(=O)N[C@@H](CC(=O)O)C(=O)N[C@H](C(=O)O)C(C)C)[C@@H](C)O. The molecule has 13 atom stereocenters. The summed E-state index contributed by atoms with van der Waals surface area (Å²) in [6.07, 6.45) is -5.08. The molecule has 2 aromatic carbocycles. The molecule has 2 rings (SSSR count). The molecule has 0 heterocycles. The quantitative estimate of drug-likeness (QED) is 0.0172. The highest BCUT2D eigenvalue weighted by molar-refractivity contribution is 6.00. The number of nitrogens with two attached hydrogens (primary N) is 4. The van der Waals surface area contributed by atoms with Crippen LogP contribution in [0.2, 0.25) is 0 Å². The van der Waals surface area contributed by atoms with E-state index in [2.05, 4.69) is 63.5 Å². The third-order valence-corrected chi connectivity index (χ3v) is 15.9. The van der Waals surface area contributed by atoms with Crippen molar-refractivity contribution in [3.8, 4) is 0 Å². The van der Waals surface area contributed by atoms with Gasteiger partial charge in [0.15, 0.2) is 5.96 Å². The Morgan fingerprint density at radius 2 is 0.718 bits per heavy atom. The number of aliphatic carboxylic acids is 4. The van der Waals surface area contributed by atoms with E-state index in [4.69, 9.17) is 22.9 Å². The van der Waals surface area contributed by atoms with Gasteiger partial charge in [-0.05, 0) is 86.8 Å². The smallest absolute Gasteiger partial charge is 0.326 e. The third kappa shape index (κ3) is 32.9. The lowest BCUT2D eigenvalue weighted by Crippen LogP contribution is -2.62. The molecule has 0 radical (unpaired) electrons. The van der Waals surface area contributed by atoms with Crippen LogP contribution in [0.25, 0.3) is 0 Å². The highest BCUT2D eigenvalue weighted by Gasteiger charge is 2.39. The first kappa shape index (κ1) is 88.7. The first-order valence-corrected chi connectivity index (χ1v) is 33.8. The average Bonchev–Trinajstić information content (AvgIpc) is 0.855. The summed E-state index contributed by atoms with van der Waals surface area (Å²) < 4.78 is 0. The number of unbranched alkanes of at least 4 members (excludes halogenated alkanes) is 1. The summed E-state index contributed by atoms with van der Waals surface area (Å²) in [6.45, 7) is 13.7. The number of rotatable bonds is 47. The van der Waals surface area contributed by atoms with Gasteiger partial charge in [-0.25, -0.2) is 4.79 Å². The van der Waals surface area contributed by atoms with E-state index in [1.807, 2.05) is 0 Å². The lowest BCUT2D eigenvalue weighted by molar-refractivity contribution is -0.145. The zero-order chi connectivity index (χ0) is 78.0. The number of benzene rings is 2. The Balaban J connectivity index is 2.56. The minimum Gasteiger partial charge on any atom is -0.481 e. The molecule has 36 nitrogen and oxygen atoms in total. The van der Waals surface area contributed by atoms with E-state index in [1.54, 1.807) is 88.4 Å². The minimum absolute atomic E-state index is 0.0315. The predicted molar refractivity (Wildman–Crippen MR) is 372 cm³/mol. The summed E-state index contributed by atoms with van der Waals surface area (Å²) in [5, 5.41) is 76.3. The van der Waals surface area contributed by atoms with E-state index >= 15 is 0 Å². The van der Waals surface area contributed by atoms with Gasteiger partial charge in [-0.3, -0.25) is 72.1 Å². The van der Waals surface area contributed by atoms with Gasteiger partial charge in [0.25, 0.3) is 0 Å². The summed E-state index contributed by atoms with van der Waals surface area (Å²) in [7, 11) is 0. The number of carboxylic acid groups (broad SMARTS) is 4. The molecule has 36 heteroatoms. The van der Waals surface area contributed by atoms with Crippen LogP contribution >= 0.6 is 0 Å². The number of carbonyl (C=O) groups excluding carboxylic acids is 11. The highest BCUT2D eigenvalue weighted by atomic mass is 16.4. The standard InChI is InChI=1S/C67H104N16O20/c1-33(2)27-43(58(94)73-41(23-16-17-25-68)57(93)83-54(37(9)84)65(101)79-47(32-50(89)90)62(98)82-53(36(7)8)66(102)103)77-63(99)51(34(3)4)80-56(92)42(24-18-26-72-67(70)71)74-60(96)46(31-49(87)88)76-59(95)44(28-38-19-12-10-13-20-38)78-64(100)52(35(5)6)81-61(97)45(29-39-21-14-11-15-22-39)75-55(91)40(69)30-48(85)86/h10-15,19-22,33-37,40-47,51-54,84H,16-18,23-32,68-69H2,1-9H3,(H,73,94)(H,74,96)(H,75,91)(H,76,95)(H,77,99)(H,78,100)(H,79,101)(H,80,92)(H,81,97)(H,82,98)(H,83,93)(H,85,86)(H,87,88)(H,89,90)(H,102,103)(H4,70,71,72)/t37-,40+,41+,42+,43+,44+,45+,46+,47+,51+,52+,53+,54+/m1/s1. The van der Waals surface area contributed by atoms with Gasteiger partial charge in [0, 0.05) is 19.4 Å². The van der Waals surface area contributed by atoms with Crippen molar-refractivity contribution in [1.82, 2.24) is 58.5 Å². The average molecular weight is 1450 g/mol. The fourth-order valence-corrected chi connectivity index (χ4v) is 10.3. The fourth-order valence-electron chi connectivity index (χ4n) is 10.3. The molecule has 0 bridgehead atoms. The molecule has 572 valence electrons. The van der Waals surface area contributed by atoms with Crippen molar-refractivity contribution >= 4 is 94.8 Å². The van der Waals surface area contributed by atoms with Crippen LogP contribution in [0.4, 0.5) is 0 Å². The first-order chi connectivity index (χ1) is 48.3. The summed E-state index contributed by atoms with van der Waals surface area (Å²) >= 11 is 0. The summed E-state index contributed by atoms with van der Waals surface area (Å²) in [4.78, 5) is 207. The molecular formula is C67H104N16O20. The van der Waals surface area contributed by atoms with Crippen LogP contribution in [0.5, 0.6) is 0 Å². The van der Waals surface area contributed by atoms with Crippen LogP contribution in [0.1, 0.15) is 131 Å². The molecule has 0 saturated carbocycles. The number of aliphatic imine (C=N–C) groups is 1. The molecule has 11 amide bonds. The van der Waals surface area contributed by atoms with Crippen LogP contribution in [-0.4, -0.2) is 212 Å². The molecule has 0 unspecified atom stereocenters. The number of hydrogen-bond donors (Lipinski definition) is 20. The fraction of sp³-hybridized carbons (Fsp3) is 0.582. The molecule has 24 N–H and O–H groups in total. The normalized spacial score (nSPS) is 15.0. The van der Waals surface area contributed by atoms with Crippen molar-refractivity contribution in [2.75, 3.05) is 13.1 Å². The van der Waals surface area contributed by atoms with Crippen LogP contribution in [0.15, 0.2) is 65.7 Å². The van der Waals surface area contributed by atoms with Gasteiger partial charge in [-0.15, -0.1) is 0 Å². The number of aliphatic hydroxyl groups is 1. The number of carboxylic acids is 4. The highest BCUT2D eigenvalue weighted by Crippen LogP contribution is 2.15. The summed E-state index contributed by atoms with van der Waals surface area (Å²) in [5.41, 5.74) is 23.7. The van der Waals surface area contributed by atoms with E-state index in [9.17, 15) is 97.5 Å². The molecule has 0 saturated heterocycles. The maximum Gasteiger partial charge on any atom is 0.326 e. The monoisotopic (exact) mass is 1450 g/mol. The minimum atomic E-state index is -1.99. The number of carbonyl (C=O) groups is 15. The van der Waals surface area contributed by atoms with Crippen molar-refractivity contribution in [2.45, 2.75) is 212 Å². The van der Waals surface area contributed by atoms with E-state index in [0.717, 1.165) is 6.92 Å². The molecule has 0 aliphatic heterocycles. The number of amides is 11. The first-order valence-electron chi connectivity index (χ1n) is 33.8. The Morgan fingerprint density at radius 3 is 1.12 bits per heavy atom. The zero-order valence-corrected chi connectivity index (χ0v) is 59.4. The van der Waals surface area contributed by atoms with E-state index in [-0.39, 0.29) is 69.9 Å². The van der Waals surface area contributed by atoms with Gasteiger partial charge >= 0.3 is 23.9 Å². The number of nitrogens with zero attached hydrogens (tertiary/aromatic N) is 1. The van der Waals surface area contributed by atoms with Crippen LogP contribution in [0.3, 0.4) is 0 Å². The molecule has 0 spiro atoms. The third-order valence-electron chi connectivity index (χ3n) is 15.9. The molecule has 0 fully saturated rings. The van der Waals surface area contributed by atoms with Gasteiger partial charge in [-0.2, -0.15) is 0 Å².